The number of nitrogens with zero attached hydrogens (tertiary/aromatic N) is 3. The number of hydrogen-bond donors (Lipinski definition) is 1. The predicted octanol–water partition coefficient (Wildman–Crippen LogP) is 3.29. The number of amides is 3. The second-order valence-corrected chi connectivity index (χ2v) is 7.48. The van der Waals surface area contributed by atoms with Gasteiger partial charge in [-0.25, -0.2) is 0 Å². The van der Waals surface area contributed by atoms with Gasteiger partial charge in [-0.3, -0.25) is 19.3 Å². The van der Waals surface area contributed by atoms with Crippen molar-refractivity contribution in [2.24, 2.45) is 0 Å². The van der Waals surface area contributed by atoms with Gasteiger partial charge in [-0.15, -0.1) is 10.2 Å². The van der Waals surface area contributed by atoms with Gasteiger partial charge in [-0.1, -0.05) is 36.8 Å². The van der Waals surface area contributed by atoms with E-state index >= 15 is 0 Å². The third kappa shape index (κ3) is 4.57. The molecule has 2 heterocycles. The molecule has 0 bridgehead atoms. The Hall–Kier alpha value is -2.61. The Labute approximate surface area is 161 Å². The Morgan fingerprint density at radius 3 is 2.44 bits per heavy atom. The Morgan fingerprint density at radius 1 is 1.07 bits per heavy atom. The third-order valence-electron chi connectivity index (χ3n) is 4.34. The summed E-state index contributed by atoms with van der Waals surface area (Å²) in [6.07, 6.45) is 4.37. The molecular weight excluding hydrogens is 364 g/mol. The molecule has 1 aliphatic rings. The summed E-state index contributed by atoms with van der Waals surface area (Å²) in [5.41, 5.74) is 0.947. The maximum atomic E-state index is 12.3. The molecule has 0 fully saturated rings. The fourth-order valence-electron chi connectivity index (χ4n) is 2.98. The molecule has 0 unspecified atom stereocenters. The van der Waals surface area contributed by atoms with Crippen LogP contribution in [0.15, 0.2) is 24.3 Å². The first-order chi connectivity index (χ1) is 13.1. The second-order valence-electron chi connectivity index (χ2n) is 6.42. The van der Waals surface area contributed by atoms with Crippen molar-refractivity contribution in [3.63, 3.8) is 0 Å². The summed E-state index contributed by atoms with van der Waals surface area (Å²) in [6.45, 7) is 2.45. The van der Waals surface area contributed by atoms with Crippen LogP contribution in [-0.4, -0.2) is 39.4 Å². The lowest BCUT2D eigenvalue weighted by molar-refractivity contribution is -0.116. The van der Waals surface area contributed by atoms with Crippen LogP contribution in [0.5, 0.6) is 0 Å². The van der Waals surface area contributed by atoms with Crippen molar-refractivity contribution >= 4 is 34.2 Å². The zero-order valence-corrected chi connectivity index (χ0v) is 16.1. The first-order valence-electron chi connectivity index (χ1n) is 9.17. The maximum Gasteiger partial charge on any atom is 0.261 e. The highest BCUT2D eigenvalue weighted by Gasteiger charge is 2.34. The van der Waals surface area contributed by atoms with Gasteiger partial charge in [0, 0.05) is 19.4 Å². The summed E-state index contributed by atoms with van der Waals surface area (Å²) in [5.74, 6) is -0.546. The highest BCUT2D eigenvalue weighted by Crippen LogP contribution is 2.23. The standard InChI is InChI=1S/C19H22N4O3S/c1-2-8-16-21-22-19(27-16)20-15(24)11-4-3-7-12-23-17(25)13-9-5-6-10-14(13)18(23)26/h5-6,9-10H,2-4,7-8,11-12H2,1H3,(H,20,22,24). The Balaban J connectivity index is 1.36. The molecule has 2 aromatic rings. The SMILES string of the molecule is CCCc1nnc(NC(=O)CCCCCN2C(=O)c3ccccc3C2=O)s1. The van der Waals surface area contributed by atoms with Crippen molar-refractivity contribution in [1.29, 1.82) is 0 Å². The number of aryl methyl sites for hydroxylation is 1. The highest BCUT2D eigenvalue weighted by atomic mass is 32.1. The van der Waals surface area contributed by atoms with E-state index in [9.17, 15) is 14.4 Å². The van der Waals surface area contributed by atoms with E-state index in [1.54, 1.807) is 24.3 Å². The minimum absolute atomic E-state index is 0.0880. The molecule has 1 aromatic heterocycles. The molecular formula is C19H22N4O3S. The lowest BCUT2D eigenvalue weighted by Crippen LogP contribution is -2.30. The number of carbonyl (C=O) groups is 3. The molecule has 0 atom stereocenters. The molecule has 1 N–H and O–H groups in total. The fraction of sp³-hybridized carbons (Fsp3) is 0.421. The number of nitrogens with one attached hydrogen (secondary N) is 1. The van der Waals surface area contributed by atoms with E-state index in [1.807, 2.05) is 0 Å². The summed E-state index contributed by atoms with van der Waals surface area (Å²) in [4.78, 5) is 37.8. The van der Waals surface area contributed by atoms with Crippen LogP contribution in [0.2, 0.25) is 0 Å². The summed E-state index contributed by atoms with van der Waals surface area (Å²) < 4.78 is 0. The van der Waals surface area contributed by atoms with Crippen LogP contribution in [0.1, 0.15) is 64.8 Å². The lowest BCUT2D eigenvalue weighted by Gasteiger charge is -2.13. The van der Waals surface area contributed by atoms with Gasteiger partial charge in [0.1, 0.15) is 5.01 Å². The van der Waals surface area contributed by atoms with Crippen molar-refractivity contribution in [2.45, 2.75) is 45.4 Å². The molecule has 1 aromatic carbocycles. The van der Waals surface area contributed by atoms with Crippen molar-refractivity contribution in [3.8, 4) is 0 Å². The van der Waals surface area contributed by atoms with Gasteiger partial charge in [-0.2, -0.15) is 0 Å². The molecule has 7 nitrogen and oxygen atoms in total. The van der Waals surface area contributed by atoms with Crippen molar-refractivity contribution < 1.29 is 14.4 Å². The van der Waals surface area contributed by atoms with Gasteiger partial charge < -0.3 is 5.32 Å². The third-order valence-corrected chi connectivity index (χ3v) is 5.24. The molecule has 8 heteroatoms. The van der Waals surface area contributed by atoms with Gasteiger partial charge >= 0.3 is 0 Å². The predicted molar refractivity (Wildman–Crippen MR) is 103 cm³/mol. The summed E-state index contributed by atoms with van der Waals surface area (Å²) in [5, 5.41) is 12.2. The molecule has 3 rings (SSSR count). The summed E-state index contributed by atoms with van der Waals surface area (Å²) >= 11 is 1.40. The average Bonchev–Trinajstić information content (AvgIpc) is 3.19. The topological polar surface area (TPSA) is 92.3 Å². The van der Waals surface area contributed by atoms with Crippen LogP contribution in [-0.2, 0) is 11.2 Å². The van der Waals surface area contributed by atoms with E-state index < -0.39 is 0 Å². The van der Waals surface area contributed by atoms with Crippen LogP contribution in [0.3, 0.4) is 0 Å². The molecule has 0 saturated heterocycles. The number of hydrogen-bond acceptors (Lipinski definition) is 6. The van der Waals surface area contributed by atoms with Crippen molar-refractivity contribution in [1.82, 2.24) is 15.1 Å². The number of benzene rings is 1. The van der Waals surface area contributed by atoms with E-state index in [1.165, 1.54) is 16.2 Å². The molecule has 0 radical (unpaired) electrons. The first-order valence-corrected chi connectivity index (χ1v) is 9.99. The van der Waals surface area contributed by atoms with E-state index in [4.69, 9.17) is 0 Å². The monoisotopic (exact) mass is 386 g/mol. The number of carbonyl (C=O) groups excluding carboxylic acids is 3. The summed E-state index contributed by atoms with van der Waals surface area (Å²) in [7, 11) is 0. The van der Waals surface area contributed by atoms with E-state index in [0.717, 1.165) is 24.3 Å². The second kappa shape index (κ2) is 8.85. The van der Waals surface area contributed by atoms with Gasteiger partial charge in [0.15, 0.2) is 0 Å². The minimum Gasteiger partial charge on any atom is -0.301 e. The van der Waals surface area contributed by atoms with Gasteiger partial charge in [0.05, 0.1) is 11.1 Å². The van der Waals surface area contributed by atoms with E-state index in [0.29, 0.717) is 42.1 Å². The molecule has 142 valence electrons. The van der Waals surface area contributed by atoms with E-state index in [2.05, 4.69) is 22.4 Å². The van der Waals surface area contributed by atoms with E-state index in [-0.39, 0.29) is 17.7 Å². The van der Waals surface area contributed by atoms with Crippen LogP contribution >= 0.6 is 11.3 Å². The Kier molecular flexibility index (Phi) is 6.28. The Morgan fingerprint density at radius 2 is 1.78 bits per heavy atom. The van der Waals surface area contributed by atoms with Crippen molar-refractivity contribution in [3.05, 3.63) is 40.4 Å². The minimum atomic E-state index is -0.229. The molecule has 0 spiro atoms. The fourth-order valence-corrected chi connectivity index (χ4v) is 3.83. The maximum absolute atomic E-state index is 12.3. The Bertz CT molecular complexity index is 814. The number of fused-ring (bicyclic) bond motifs is 1. The van der Waals surface area contributed by atoms with Crippen LogP contribution < -0.4 is 5.32 Å². The smallest absolute Gasteiger partial charge is 0.261 e. The first kappa shape index (κ1) is 19.2. The number of unbranched alkanes of at least 4 members (excludes halogenated alkanes) is 2. The zero-order chi connectivity index (χ0) is 19.2. The zero-order valence-electron chi connectivity index (χ0n) is 15.2. The average molecular weight is 386 g/mol. The van der Waals surface area contributed by atoms with Crippen LogP contribution in [0.4, 0.5) is 5.13 Å². The van der Waals surface area contributed by atoms with Gasteiger partial charge in [-0.05, 0) is 31.4 Å². The normalized spacial score (nSPS) is 13.1. The molecule has 1 aliphatic heterocycles. The quantitative estimate of drug-likeness (QED) is 0.527. The number of rotatable bonds is 9. The highest BCUT2D eigenvalue weighted by molar-refractivity contribution is 7.15. The van der Waals surface area contributed by atoms with Crippen LogP contribution in [0.25, 0.3) is 0 Å². The molecule has 0 aliphatic carbocycles. The largest absolute Gasteiger partial charge is 0.301 e. The molecule has 3 amide bonds. The molecule has 27 heavy (non-hydrogen) atoms. The number of aromatic nitrogens is 2. The summed E-state index contributed by atoms with van der Waals surface area (Å²) in [6, 6.07) is 6.88. The number of imide groups is 1. The van der Waals surface area contributed by atoms with Gasteiger partial charge in [0.25, 0.3) is 11.8 Å². The van der Waals surface area contributed by atoms with Crippen LogP contribution in [0, 0.1) is 0 Å². The lowest BCUT2D eigenvalue weighted by atomic mass is 10.1. The molecule has 0 saturated carbocycles. The number of anilines is 1. The van der Waals surface area contributed by atoms with Gasteiger partial charge in [0.2, 0.25) is 11.0 Å². The van der Waals surface area contributed by atoms with Crippen molar-refractivity contribution in [2.75, 3.05) is 11.9 Å².